The van der Waals surface area contributed by atoms with E-state index in [0.717, 1.165) is 0 Å². The molecule has 1 unspecified atom stereocenters. The normalized spacial score (nSPS) is 20.1. The topological polar surface area (TPSA) is 92.2 Å². The highest BCUT2D eigenvalue weighted by Crippen LogP contribution is 2.40. The van der Waals surface area contributed by atoms with Crippen LogP contribution in [0.25, 0.3) is 5.76 Å². The second-order valence-corrected chi connectivity index (χ2v) is 7.44. The number of aliphatic hydroxyl groups is 1. The van der Waals surface area contributed by atoms with Crippen LogP contribution in [0.15, 0.2) is 48.3 Å². The second kappa shape index (κ2) is 8.16. The van der Waals surface area contributed by atoms with Gasteiger partial charge in [0.05, 0.1) is 11.6 Å². The number of carbonyl (C=O) groups is 2. The molecule has 1 fully saturated rings. The number of fused-ring (bicyclic) bond motifs is 1. The quantitative estimate of drug-likeness (QED) is 0.458. The molecule has 1 amide bonds. The van der Waals surface area contributed by atoms with Crippen LogP contribution in [0.3, 0.4) is 0 Å². The fourth-order valence-electron chi connectivity index (χ4n) is 3.65. The fourth-order valence-corrected chi connectivity index (χ4v) is 3.65. The molecule has 8 heteroatoms. The Morgan fingerprint density at radius 1 is 1.20 bits per heavy atom. The van der Waals surface area contributed by atoms with Crippen molar-refractivity contribution in [3.63, 3.8) is 0 Å². The molecule has 2 aliphatic heterocycles. The largest absolute Gasteiger partial charge is 0.507 e. The number of benzene rings is 1. The highest BCUT2D eigenvalue weighted by molar-refractivity contribution is 6.46. The first-order chi connectivity index (χ1) is 14.5. The third-order valence-electron chi connectivity index (χ3n) is 5.14. The number of pyridine rings is 1. The molecule has 1 N–H and O–H groups in total. The molecule has 1 aromatic heterocycles. The van der Waals surface area contributed by atoms with Gasteiger partial charge in [0.1, 0.15) is 19.0 Å². The molecule has 3 heterocycles. The molecule has 30 heavy (non-hydrogen) atoms. The zero-order chi connectivity index (χ0) is 21.3. The number of nitrogens with zero attached hydrogens (tertiary/aromatic N) is 3. The van der Waals surface area contributed by atoms with E-state index < -0.39 is 17.7 Å². The number of Topliss-reactive ketones (excluding diaryl/α,β-unsaturated/α-hetero) is 1. The van der Waals surface area contributed by atoms with E-state index in [1.165, 1.54) is 4.90 Å². The van der Waals surface area contributed by atoms with E-state index in [-0.39, 0.29) is 11.3 Å². The smallest absolute Gasteiger partial charge is 0.295 e. The van der Waals surface area contributed by atoms with Crippen molar-refractivity contribution in [1.29, 1.82) is 0 Å². The SMILES string of the molecule is CN(C)CCN1C(=O)C(=O)/C(=C(\O)c2ccc3c(c2)OCCO3)C1c1cccnc1. The number of rotatable bonds is 5. The van der Waals surface area contributed by atoms with Gasteiger partial charge in [-0.25, -0.2) is 0 Å². The highest BCUT2D eigenvalue weighted by Gasteiger charge is 2.46. The second-order valence-electron chi connectivity index (χ2n) is 7.44. The summed E-state index contributed by atoms with van der Waals surface area (Å²) in [4.78, 5) is 33.3. The lowest BCUT2D eigenvalue weighted by Crippen LogP contribution is -2.35. The summed E-state index contributed by atoms with van der Waals surface area (Å²) in [5.41, 5.74) is 1.09. The zero-order valence-corrected chi connectivity index (χ0v) is 16.9. The van der Waals surface area contributed by atoms with E-state index in [9.17, 15) is 14.7 Å². The average Bonchev–Trinajstić information content (AvgIpc) is 3.02. The molecule has 1 atom stereocenters. The number of amides is 1. The highest BCUT2D eigenvalue weighted by atomic mass is 16.6. The maximum Gasteiger partial charge on any atom is 0.295 e. The first kappa shape index (κ1) is 19.9. The molecule has 4 rings (SSSR count). The Bertz CT molecular complexity index is 1000. The Balaban J connectivity index is 1.81. The lowest BCUT2D eigenvalue weighted by Gasteiger charge is -2.26. The number of ketones is 1. The van der Waals surface area contributed by atoms with Crippen LogP contribution in [0.5, 0.6) is 11.5 Å². The number of likely N-dealkylation sites (tertiary alicyclic amines) is 1. The number of hydrogen-bond acceptors (Lipinski definition) is 7. The van der Waals surface area contributed by atoms with Gasteiger partial charge in [-0.1, -0.05) is 6.07 Å². The van der Waals surface area contributed by atoms with E-state index in [1.54, 1.807) is 42.7 Å². The van der Waals surface area contributed by atoms with Crippen molar-refractivity contribution in [3.8, 4) is 11.5 Å². The number of hydrogen-bond donors (Lipinski definition) is 1. The number of carbonyl (C=O) groups excluding carboxylic acids is 2. The van der Waals surface area contributed by atoms with Gasteiger partial charge in [0.25, 0.3) is 11.7 Å². The van der Waals surface area contributed by atoms with Gasteiger partial charge in [0.15, 0.2) is 11.5 Å². The average molecular weight is 409 g/mol. The molecule has 2 aromatic rings. The van der Waals surface area contributed by atoms with Crippen molar-refractivity contribution in [1.82, 2.24) is 14.8 Å². The summed E-state index contributed by atoms with van der Waals surface area (Å²) in [5, 5.41) is 11.1. The van der Waals surface area contributed by atoms with Crippen molar-refractivity contribution in [2.75, 3.05) is 40.4 Å². The maximum absolute atomic E-state index is 12.9. The fraction of sp³-hybridized carbons (Fsp3) is 0.318. The molecule has 0 saturated carbocycles. The van der Waals surface area contributed by atoms with Crippen molar-refractivity contribution < 1.29 is 24.2 Å². The Hall–Kier alpha value is -3.39. The summed E-state index contributed by atoms with van der Waals surface area (Å²) in [6, 6.07) is 7.78. The van der Waals surface area contributed by atoms with Crippen molar-refractivity contribution in [2.45, 2.75) is 6.04 Å². The Morgan fingerprint density at radius 2 is 1.97 bits per heavy atom. The van der Waals surface area contributed by atoms with E-state index in [2.05, 4.69) is 4.98 Å². The molecular weight excluding hydrogens is 386 g/mol. The summed E-state index contributed by atoms with van der Waals surface area (Å²) in [7, 11) is 3.79. The first-order valence-corrected chi connectivity index (χ1v) is 9.70. The summed E-state index contributed by atoms with van der Waals surface area (Å²) in [5.74, 6) is -0.524. The summed E-state index contributed by atoms with van der Waals surface area (Å²) >= 11 is 0. The number of aromatic nitrogens is 1. The predicted molar refractivity (Wildman–Crippen MR) is 109 cm³/mol. The minimum Gasteiger partial charge on any atom is -0.507 e. The van der Waals surface area contributed by atoms with Crippen LogP contribution < -0.4 is 9.47 Å². The van der Waals surface area contributed by atoms with E-state index in [4.69, 9.17) is 9.47 Å². The van der Waals surface area contributed by atoms with Gasteiger partial charge in [0.2, 0.25) is 0 Å². The summed E-state index contributed by atoms with van der Waals surface area (Å²) in [6.07, 6.45) is 3.23. The van der Waals surface area contributed by atoms with Crippen LogP contribution in [0, 0.1) is 0 Å². The Morgan fingerprint density at radius 3 is 2.67 bits per heavy atom. The van der Waals surface area contributed by atoms with E-state index >= 15 is 0 Å². The Labute approximate surface area is 174 Å². The molecule has 0 aliphatic carbocycles. The number of ether oxygens (including phenoxy) is 2. The van der Waals surface area contributed by atoms with E-state index in [1.807, 2.05) is 19.0 Å². The predicted octanol–water partition coefficient (Wildman–Crippen LogP) is 1.84. The molecule has 0 radical (unpaired) electrons. The Kier molecular flexibility index (Phi) is 5.41. The van der Waals surface area contributed by atoms with Crippen LogP contribution in [0.4, 0.5) is 0 Å². The van der Waals surface area contributed by atoms with Crippen molar-refractivity contribution >= 4 is 17.4 Å². The van der Waals surface area contributed by atoms with E-state index in [0.29, 0.717) is 48.9 Å². The van der Waals surface area contributed by atoms with Gasteiger partial charge in [-0.3, -0.25) is 14.6 Å². The lowest BCUT2D eigenvalue weighted by atomic mass is 9.96. The van der Waals surface area contributed by atoms with Crippen molar-refractivity contribution in [3.05, 3.63) is 59.4 Å². The molecule has 8 nitrogen and oxygen atoms in total. The van der Waals surface area contributed by atoms with Crippen LogP contribution >= 0.6 is 0 Å². The van der Waals surface area contributed by atoms with Crippen LogP contribution in [0.2, 0.25) is 0 Å². The summed E-state index contributed by atoms with van der Waals surface area (Å²) in [6.45, 7) is 1.78. The number of aliphatic hydroxyl groups excluding tert-OH is 1. The minimum absolute atomic E-state index is 0.0448. The van der Waals surface area contributed by atoms with Gasteiger partial charge >= 0.3 is 0 Å². The van der Waals surface area contributed by atoms with Gasteiger partial charge in [0, 0.05) is 31.0 Å². The molecule has 0 spiro atoms. The molecule has 1 saturated heterocycles. The third-order valence-corrected chi connectivity index (χ3v) is 5.14. The molecule has 0 bridgehead atoms. The third kappa shape index (κ3) is 3.61. The molecule has 1 aromatic carbocycles. The van der Waals surface area contributed by atoms with Gasteiger partial charge in [-0.05, 0) is 43.9 Å². The van der Waals surface area contributed by atoms with Gasteiger partial charge in [-0.15, -0.1) is 0 Å². The van der Waals surface area contributed by atoms with Crippen LogP contribution in [-0.4, -0.2) is 72.0 Å². The summed E-state index contributed by atoms with van der Waals surface area (Å²) < 4.78 is 11.1. The van der Waals surface area contributed by atoms with Crippen LogP contribution in [-0.2, 0) is 9.59 Å². The zero-order valence-electron chi connectivity index (χ0n) is 16.9. The standard InChI is InChI=1S/C22H23N3O5/c1-24(2)8-9-25-19(15-4-3-7-23-13-15)18(21(27)22(25)28)20(26)14-5-6-16-17(12-14)30-11-10-29-16/h3-7,12-13,19,26H,8-11H2,1-2H3/b20-18-. The molecule has 156 valence electrons. The maximum atomic E-state index is 12.9. The van der Waals surface area contributed by atoms with Gasteiger partial charge < -0.3 is 24.4 Å². The monoisotopic (exact) mass is 409 g/mol. The lowest BCUT2D eigenvalue weighted by molar-refractivity contribution is -0.140. The minimum atomic E-state index is -0.716. The van der Waals surface area contributed by atoms with Crippen LogP contribution in [0.1, 0.15) is 17.2 Å². The first-order valence-electron chi connectivity index (χ1n) is 9.70. The molecule has 2 aliphatic rings. The van der Waals surface area contributed by atoms with Crippen molar-refractivity contribution in [2.24, 2.45) is 0 Å². The number of likely N-dealkylation sites (N-methyl/N-ethyl adjacent to an activating group) is 1. The van der Waals surface area contributed by atoms with Gasteiger partial charge in [-0.2, -0.15) is 0 Å². The molecular formula is C22H23N3O5.